The fourth-order valence-electron chi connectivity index (χ4n) is 1.56. The molecule has 1 atom stereocenters. The number of nitrogens with zero attached hydrogens (tertiary/aromatic N) is 1. The average molecular weight is 275 g/mol. The molecule has 0 fully saturated rings. The molecule has 0 saturated carbocycles. The van der Waals surface area contributed by atoms with E-state index >= 15 is 0 Å². The molecule has 102 valence electrons. The summed E-state index contributed by atoms with van der Waals surface area (Å²) in [7, 11) is 0. The van der Waals surface area contributed by atoms with Crippen LogP contribution in [0.3, 0.4) is 0 Å². The van der Waals surface area contributed by atoms with Gasteiger partial charge in [-0.2, -0.15) is 0 Å². The van der Waals surface area contributed by atoms with Gasteiger partial charge in [-0.3, -0.25) is 4.98 Å². The maximum Gasteiger partial charge on any atom is 0.0492 e. The van der Waals surface area contributed by atoms with Crippen LogP contribution >= 0.6 is 11.8 Å². The summed E-state index contributed by atoms with van der Waals surface area (Å²) in [5.74, 6) is 0. The maximum atomic E-state index is 5.89. The maximum absolute atomic E-state index is 5.89. The molecule has 2 aromatic rings. The molecule has 1 unspecified atom stereocenters. The van der Waals surface area contributed by atoms with E-state index in [4.69, 9.17) is 11.5 Å². The quantitative estimate of drug-likeness (QED) is 0.653. The average Bonchev–Trinajstić information content (AvgIpc) is 2.43. The minimum absolute atomic E-state index is 0.296. The summed E-state index contributed by atoms with van der Waals surface area (Å²) in [5.41, 5.74) is 14.4. The van der Waals surface area contributed by atoms with E-state index in [-0.39, 0.29) is 0 Å². The second-order valence-electron chi connectivity index (χ2n) is 3.84. The van der Waals surface area contributed by atoms with Crippen molar-refractivity contribution in [3.05, 3.63) is 48.3 Å². The molecule has 0 aliphatic rings. The lowest BCUT2D eigenvalue weighted by Crippen LogP contribution is -1.94. The third-order valence-electron chi connectivity index (χ3n) is 2.50. The van der Waals surface area contributed by atoms with E-state index in [1.165, 1.54) is 5.56 Å². The lowest BCUT2D eigenvalue weighted by atomic mass is 10.1. The smallest absolute Gasteiger partial charge is 0.0492 e. The molecule has 0 spiro atoms. The molecule has 3 nitrogen and oxygen atoms in total. The zero-order valence-corrected chi connectivity index (χ0v) is 12.4. The van der Waals surface area contributed by atoms with Crippen LogP contribution in [0.25, 0.3) is 0 Å². The van der Waals surface area contributed by atoms with Crippen LogP contribution < -0.4 is 11.5 Å². The predicted octanol–water partition coefficient (Wildman–Crippen LogP) is 4.13. The largest absolute Gasteiger partial charge is 0.399 e. The van der Waals surface area contributed by atoms with E-state index in [2.05, 4.69) is 18.0 Å². The van der Waals surface area contributed by atoms with Crippen LogP contribution in [0.5, 0.6) is 0 Å². The first-order valence-electron chi connectivity index (χ1n) is 6.38. The Morgan fingerprint density at radius 1 is 1.16 bits per heavy atom. The van der Waals surface area contributed by atoms with Crippen molar-refractivity contribution in [1.82, 2.24) is 4.98 Å². The van der Waals surface area contributed by atoms with Crippen molar-refractivity contribution < 1.29 is 0 Å². The van der Waals surface area contributed by atoms with Gasteiger partial charge in [0.25, 0.3) is 0 Å². The van der Waals surface area contributed by atoms with Gasteiger partial charge < -0.3 is 11.5 Å². The van der Waals surface area contributed by atoms with Gasteiger partial charge in [-0.1, -0.05) is 26.0 Å². The van der Waals surface area contributed by atoms with Gasteiger partial charge in [0, 0.05) is 33.9 Å². The molecule has 0 radical (unpaired) electrons. The van der Waals surface area contributed by atoms with E-state index in [9.17, 15) is 0 Å². The zero-order valence-electron chi connectivity index (χ0n) is 11.6. The van der Waals surface area contributed by atoms with Crippen molar-refractivity contribution in [2.45, 2.75) is 30.9 Å². The highest BCUT2D eigenvalue weighted by Gasteiger charge is 2.09. The minimum atomic E-state index is 0.296. The van der Waals surface area contributed by atoms with Crippen molar-refractivity contribution in [1.29, 1.82) is 0 Å². The number of aromatic nitrogens is 1. The Bertz CT molecular complexity index is 514. The van der Waals surface area contributed by atoms with Gasteiger partial charge in [-0.05, 0) is 30.7 Å². The lowest BCUT2D eigenvalue weighted by molar-refractivity contribution is 1.09. The van der Waals surface area contributed by atoms with Crippen LogP contribution in [-0.4, -0.2) is 4.98 Å². The minimum Gasteiger partial charge on any atom is -0.399 e. The normalized spacial score (nSPS) is 11.3. The van der Waals surface area contributed by atoms with Gasteiger partial charge in [-0.25, -0.2) is 0 Å². The summed E-state index contributed by atoms with van der Waals surface area (Å²) in [4.78, 5) is 5.09. The van der Waals surface area contributed by atoms with Crippen molar-refractivity contribution in [2.75, 3.05) is 11.5 Å². The number of benzene rings is 1. The number of thioether (sulfide) groups is 1. The standard InChI is InChI=1S/C13H15N3S.C2H6/c1-9(10-3-2-4-11(14)7-10)17-13-8-16-6-5-12(13)15;1-2/h2-9H,14H2,1H3,(H2,15,16);1-2H3. The molecule has 0 bridgehead atoms. The monoisotopic (exact) mass is 275 g/mol. The van der Waals surface area contributed by atoms with Crippen molar-refractivity contribution in [3.63, 3.8) is 0 Å². The first kappa shape index (κ1) is 15.4. The topological polar surface area (TPSA) is 64.9 Å². The second-order valence-corrected chi connectivity index (χ2v) is 5.23. The Balaban J connectivity index is 0.000000861. The highest BCUT2D eigenvalue weighted by Crippen LogP contribution is 2.37. The molecule has 1 aromatic carbocycles. The Labute approximate surface area is 119 Å². The third kappa shape index (κ3) is 4.48. The van der Waals surface area contributed by atoms with Gasteiger partial charge in [-0.15, -0.1) is 11.8 Å². The van der Waals surface area contributed by atoms with Crippen molar-refractivity contribution in [3.8, 4) is 0 Å². The van der Waals surface area contributed by atoms with Gasteiger partial charge in [0.05, 0.1) is 0 Å². The Morgan fingerprint density at radius 2 is 1.89 bits per heavy atom. The number of hydrogen-bond donors (Lipinski definition) is 2. The SMILES string of the molecule is CC.CC(Sc1cnccc1N)c1cccc(N)c1. The summed E-state index contributed by atoms with van der Waals surface area (Å²) in [5, 5.41) is 0.296. The fourth-order valence-corrected chi connectivity index (χ4v) is 2.55. The van der Waals surface area contributed by atoms with E-state index in [1.54, 1.807) is 24.2 Å². The molecule has 0 aliphatic heterocycles. The molecule has 4 heteroatoms. The molecule has 1 aromatic heterocycles. The summed E-state index contributed by atoms with van der Waals surface area (Å²) in [6, 6.07) is 9.73. The Kier molecular flexibility index (Phi) is 6.22. The van der Waals surface area contributed by atoms with E-state index in [0.717, 1.165) is 16.3 Å². The van der Waals surface area contributed by atoms with E-state index in [0.29, 0.717) is 5.25 Å². The van der Waals surface area contributed by atoms with Crippen LogP contribution in [0, 0.1) is 0 Å². The van der Waals surface area contributed by atoms with Crippen LogP contribution in [0.2, 0.25) is 0 Å². The van der Waals surface area contributed by atoms with Gasteiger partial charge in [0.15, 0.2) is 0 Å². The third-order valence-corrected chi connectivity index (χ3v) is 3.72. The number of hydrogen-bond acceptors (Lipinski definition) is 4. The number of anilines is 2. The number of nitrogen functional groups attached to an aromatic ring is 2. The summed E-state index contributed by atoms with van der Waals surface area (Å²) < 4.78 is 0. The molecule has 1 heterocycles. The van der Waals surface area contributed by atoms with E-state index in [1.807, 2.05) is 38.1 Å². The molecule has 0 amide bonds. The van der Waals surface area contributed by atoms with Crippen molar-refractivity contribution in [2.24, 2.45) is 0 Å². The molecule has 19 heavy (non-hydrogen) atoms. The number of pyridine rings is 1. The fraction of sp³-hybridized carbons (Fsp3) is 0.267. The summed E-state index contributed by atoms with van der Waals surface area (Å²) in [6.07, 6.45) is 3.49. The predicted molar refractivity (Wildman–Crippen MR) is 85.1 cm³/mol. The van der Waals surface area contributed by atoms with Gasteiger partial charge in [0.2, 0.25) is 0 Å². The Hall–Kier alpha value is -1.68. The van der Waals surface area contributed by atoms with Crippen LogP contribution in [0.4, 0.5) is 11.4 Å². The number of nitrogens with two attached hydrogens (primary N) is 2. The highest BCUT2D eigenvalue weighted by molar-refractivity contribution is 7.99. The number of rotatable bonds is 3. The van der Waals surface area contributed by atoms with Gasteiger partial charge in [0.1, 0.15) is 0 Å². The molecule has 2 rings (SSSR count). The van der Waals surface area contributed by atoms with Crippen LogP contribution in [0.15, 0.2) is 47.6 Å². The van der Waals surface area contributed by atoms with Crippen LogP contribution in [0.1, 0.15) is 31.6 Å². The van der Waals surface area contributed by atoms with E-state index < -0.39 is 0 Å². The molecule has 0 aliphatic carbocycles. The molecule has 4 N–H and O–H groups in total. The Morgan fingerprint density at radius 3 is 2.53 bits per heavy atom. The molecular weight excluding hydrogens is 254 g/mol. The second kappa shape index (κ2) is 7.69. The first-order chi connectivity index (χ1) is 9.16. The lowest BCUT2D eigenvalue weighted by Gasteiger charge is -2.13. The first-order valence-corrected chi connectivity index (χ1v) is 7.26. The highest BCUT2D eigenvalue weighted by atomic mass is 32.2. The summed E-state index contributed by atoms with van der Waals surface area (Å²) >= 11 is 1.69. The van der Waals surface area contributed by atoms with Gasteiger partial charge >= 0.3 is 0 Å². The molecule has 0 saturated heterocycles. The van der Waals surface area contributed by atoms with Crippen molar-refractivity contribution >= 4 is 23.1 Å². The van der Waals surface area contributed by atoms with Crippen LogP contribution in [-0.2, 0) is 0 Å². The zero-order chi connectivity index (χ0) is 14.3. The summed E-state index contributed by atoms with van der Waals surface area (Å²) in [6.45, 7) is 6.13. The molecular formula is C15H21N3S.